The summed E-state index contributed by atoms with van der Waals surface area (Å²) < 4.78 is 63.9. The van der Waals surface area contributed by atoms with Gasteiger partial charge < -0.3 is 0 Å². The summed E-state index contributed by atoms with van der Waals surface area (Å²) >= 11 is 0. The first-order chi connectivity index (χ1) is 12.8. The molecule has 0 aliphatic carbocycles. The Morgan fingerprint density at radius 1 is 1.00 bits per heavy atom. The SMILES string of the molecule is O=C(NNS(=O)(=O)c1ccc(F)c(F)c1F)C1CC(c2ccccc2)NN1. The van der Waals surface area contributed by atoms with Crippen molar-refractivity contribution in [1.29, 1.82) is 0 Å². The third kappa shape index (κ3) is 4.11. The maximum absolute atomic E-state index is 13.7. The lowest BCUT2D eigenvalue weighted by atomic mass is 10.0. The molecule has 2 unspecified atom stereocenters. The Kier molecular flexibility index (Phi) is 5.46. The first-order valence-electron chi connectivity index (χ1n) is 7.81. The van der Waals surface area contributed by atoms with Crippen LogP contribution in [0.3, 0.4) is 0 Å². The number of amides is 1. The van der Waals surface area contributed by atoms with Gasteiger partial charge in [0.2, 0.25) is 0 Å². The van der Waals surface area contributed by atoms with Crippen molar-refractivity contribution in [3.8, 4) is 0 Å². The Labute approximate surface area is 153 Å². The van der Waals surface area contributed by atoms with E-state index in [-0.39, 0.29) is 6.04 Å². The lowest BCUT2D eigenvalue weighted by molar-refractivity contribution is -0.123. The molecule has 1 aliphatic rings. The van der Waals surface area contributed by atoms with E-state index < -0.39 is 44.3 Å². The van der Waals surface area contributed by atoms with E-state index in [9.17, 15) is 26.4 Å². The maximum atomic E-state index is 13.7. The van der Waals surface area contributed by atoms with Crippen LogP contribution in [0.15, 0.2) is 47.4 Å². The van der Waals surface area contributed by atoms with Crippen LogP contribution in [0.25, 0.3) is 0 Å². The number of nitrogens with one attached hydrogen (secondary N) is 4. The van der Waals surface area contributed by atoms with Crippen molar-refractivity contribution in [2.75, 3.05) is 0 Å². The molecule has 27 heavy (non-hydrogen) atoms. The molecule has 144 valence electrons. The van der Waals surface area contributed by atoms with E-state index in [4.69, 9.17) is 0 Å². The van der Waals surface area contributed by atoms with Gasteiger partial charge in [-0.2, -0.15) is 0 Å². The summed E-state index contributed by atoms with van der Waals surface area (Å²) in [5, 5.41) is 0. The second-order valence-electron chi connectivity index (χ2n) is 5.81. The van der Waals surface area contributed by atoms with E-state index in [1.165, 1.54) is 0 Å². The Hall–Kier alpha value is -2.47. The molecule has 2 aromatic rings. The Morgan fingerprint density at radius 2 is 1.70 bits per heavy atom. The molecule has 0 radical (unpaired) electrons. The van der Waals surface area contributed by atoms with Gasteiger partial charge in [-0.25, -0.2) is 32.4 Å². The minimum absolute atomic E-state index is 0.165. The minimum Gasteiger partial charge on any atom is -0.276 e. The third-order valence-electron chi connectivity index (χ3n) is 4.02. The zero-order valence-corrected chi connectivity index (χ0v) is 14.5. The molecule has 1 saturated heterocycles. The number of halogens is 3. The zero-order chi connectivity index (χ0) is 19.6. The van der Waals surface area contributed by atoms with Crippen LogP contribution in [-0.4, -0.2) is 20.4 Å². The largest absolute Gasteiger partial charge is 0.276 e. The molecule has 0 bridgehead atoms. The Morgan fingerprint density at radius 3 is 2.41 bits per heavy atom. The van der Waals surface area contributed by atoms with Crippen molar-refractivity contribution >= 4 is 15.9 Å². The summed E-state index contributed by atoms with van der Waals surface area (Å²) in [7, 11) is -4.63. The summed E-state index contributed by atoms with van der Waals surface area (Å²) in [5.74, 6) is -6.05. The number of carbonyl (C=O) groups is 1. The van der Waals surface area contributed by atoms with Crippen LogP contribution in [0, 0.1) is 17.5 Å². The fraction of sp³-hybridized carbons (Fsp3) is 0.188. The predicted molar refractivity (Wildman–Crippen MR) is 88.6 cm³/mol. The van der Waals surface area contributed by atoms with Crippen LogP contribution >= 0.6 is 0 Å². The zero-order valence-electron chi connectivity index (χ0n) is 13.7. The van der Waals surface area contributed by atoms with Crippen LogP contribution in [-0.2, 0) is 14.8 Å². The van der Waals surface area contributed by atoms with Crippen LogP contribution in [0.1, 0.15) is 18.0 Å². The highest BCUT2D eigenvalue weighted by atomic mass is 32.2. The van der Waals surface area contributed by atoms with Gasteiger partial charge in [-0.05, 0) is 24.1 Å². The van der Waals surface area contributed by atoms with Gasteiger partial charge in [0.25, 0.3) is 15.9 Å². The molecule has 7 nitrogen and oxygen atoms in total. The number of rotatable bonds is 5. The van der Waals surface area contributed by atoms with Gasteiger partial charge in [0.1, 0.15) is 10.9 Å². The van der Waals surface area contributed by atoms with E-state index in [1.807, 2.05) is 35.8 Å². The van der Waals surface area contributed by atoms with Crippen molar-refractivity contribution in [2.24, 2.45) is 0 Å². The van der Waals surface area contributed by atoms with Crippen molar-refractivity contribution in [3.05, 3.63) is 65.5 Å². The minimum atomic E-state index is -4.63. The average Bonchev–Trinajstić information content (AvgIpc) is 3.15. The Bertz CT molecular complexity index is 957. The summed E-state index contributed by atoms with van der Waals surface area (Å²) in [4.78, 5) is 12.7. The summed E-state index contributed by atoms with van der Waals surface area (Å²) in [5.41, 5.74) is 8.51. The first kappa shape index (κ1) is 19.3. The van der Waals surface area contributed by atoms with Crippen LogP contribution in [0.2, 0.25) is 0 Å². The van der Waals surface area contributed by atoms with E-state index in [0.717, 1.165) is 5.56 Å². The molecule has 1 heterocycles. The first-order valence-corrected chi connectivity index (χ1v) is 9.29. The van der Waals surface area contributed by atoms with Crippen molar-refractivity contribution in [1.82, 2.24) is 21.1 Å². The van der Waals surface area contributed by atoms with E-state index >= 15 is 0 Å². The van der Waals surface area contributed by atoms with Crippen LogP contribution in [0.4, 0.5) is 13.2 Å². The fourth-order valence-electron chi connectivity index (χ4n) is 2.61. The van der Waals surface area contributed by atoms with Crippen molar-refractivity contribution < 1.29 is 26.4 Å². The molecular weight excluding hydrogens is 385 g/mol. The highest BCUT2D eigenvalue weighted by Crippen LogP contribution is 2.22. The number of hydrogen-bond donors (Lipinski definition) is 4. The molecule has 1 aliphatic heterocycles. The molecule has 1 amide bonds. The van der Waals surface area contributed by atoms with E-state index in [0.29, 0.717) is 18.6 Å². The van der Waals surface area contributed by atoms with E-state index in [1.54, 1.807) is 4.83 Å². The molecule has 2 atom stereocenters. The topological polar surface area (TPSA) is 99.3 Å². The van der Waals surface area contributed by atoms with E-state index in [2.05, 4.69) is 10.9 Å². The third-order valence-corrected chi connectivity index (χ3v) is 5.28. The number of benzene rings is 2. The summed E-state index contributed by atoms with van der Waals surface area (Å²) in [6.45, 7) is 0. The number of hydrazine groups is 2. The van der Waals surface area contributed by atoms with Gasteiger partial charge in [0.05, 0.1) is 0 Å². The maximum Gasteiger partial charge on any atom is 0.260 e. The molecule has 0 spiro atoms. The molecule has 3 rings (SSSR count). The quantitative estimate of drug-likeness (QED) is 0.444. The number of hydrogen-bond acceptors (Lipinski definition) is 5. The lowest BCUT2D eigenvalue weighted by Gasteiger charge is -2.12. The van der Waals surface area contributed by atoms with Crippen LogP contribution in [0.5, 0.6) is 0 Å². The van der Waals surface area contributed by atoms with Gasteiger partial charge >= 0.3 is 0 Å². The standard InChI is InChI=1S/C16H15F3N4O3S/c17-10-6-7-13(15(19)14(10)18)27(25,26)23-22-16(24)12-8-11(20-21-12)9-4-2-1-3-5-9/h1-7,11-12,20-21,23H,8H2,(H,22,24). The number of carbonyl (C=O) groups excluding carboxylic acids is 1. The van der Waals surface area contributed by atoms with Gasteiger partial charge in [0.15, 0.2) is 17.5 Å². The van der Waals surface area contributed by atoms with Gasteiger partial charge in [-0.15, -0.1) is 4.83 Å². The molecule has 2 aromatic carbocycles. The predicted octanol–water partition coefficient (Wildman–Crippen LogP) is 1.02. The molecular formula is C16H15F3N4O3S. The highest BCUT2D eigenvalue weighted by Gasteiger charge is 2.31. The summed E-state index contributed by atoms with van der Waals surface area (Å²) in [6.07, 6.45) is 0.330. The normalized spacial score (nSPS) is 19.8. The smallest absolute Gasteiger partial charge is 0.260 e. The molecule has 0 aromatic heterocycles. The fourth-order valence-corrected chi connectivity index (χ4v) is 3.53. The van der Waals surface area contributed by atoms with Gasteiger partial charge in [0, 0.05) is 6.04 Å². The molecule has 0 saturated carbocycles. The highest BCUT2D eigenvalue weighted by molar-refractivity contribution is 7.89. The molecule has 1 fully saturated rings. The Balaban J connectivity index is 1.63. The summed E-state index contributed by atoms with van der Waals surface area (Å²) in [6, 6.07) is 9.37. The molecule has 4 N–H and O–H groups in total. The lowest BCUT2D eigenvalue weighted by Crippen LogP contribution is -2.50. The second kappa shape index (κ2) is 7.64. The van der Waals surface area contributed by atoms with Crippen molar-refractivity contribution in [3.63, 3.8) is 0 Å². The van der Waals surface area contributed by atoms with Gasteiger partial charge in [-0.1, -0.05) is 30.3 Å². The number of sulfonamides is 1. The van der Waals surface area contributed by atoms with Gasteiger partial charge in [-0.3, -0.25) is 10.2 Å². The monoisotopic (exact) mass is 400 g/mol. The molecule has 11 heteroatoms. The second-order valence-corrected chi connectivity index (χ2v) is 7.46. The van der Waals surface area contributed by atoms with Crippen molar-refractivity contribution in [2.45, 2.75) is 23.4 Å². The van der Waals surface area contributed by atoms with Crippen LogP contribution < -0.4 is 21.1 Å². The average molecular weight is 400 g/mol.